The van der Waals surface area contributed by atoms with E-state index in [4.69, 9.17) is 4.42 Å². The van der Waals surface area contributed by atoms with Crippen molar-refractivity contribution >= 4 is 32.0 Å². The summed E-state index contributed by atoms with van der Waals surface area (Å²) in [6.07, 6.45) is 0. The van der Waals surface area contributed by atoms with Crippen LogP contribution in [0.5, 0.6) is 0 Å². The Morgan fingerprint density at radius 1 is 1.28 bits per heavy atom. The molecule has 1 aromatic carbocycles. The molecule has 1 aromatic heterocycles. The van der Waals surface area contributed by atoms with Gasteiger partial charge < -0.3 is 4.42 Å². The molecule has 0 aliphatic carbocycles. The number of aromatic nitrogens is 2. The lowest BCUT2D eigenvalue weighted by Crippen LogP contribution is -2.13. The van der Waals surface area contributed by atoms with Gasteiger partial charge in [-0.05, 0) is 30.7 Å². The Hall–Kier alpha value is -1.41. The first-order valence-electron chi connectivity index (χ1n) is 4.97. The van der Waals surface area contributed by atoms with Gasteiger partial charge in [0.2, 0.25) is 5.89 Å². The smallest absolute Gasteiger partial charge is 0.329 e. The predicted molar refractivity (Wildman–Crippen MR) is 68.7 cm³/mol. The predicted octanol–water partition coefficient (Wildman–Crippen LogP) is 2.25. The van der Waals surface area contributed by atoms with Crippen molar-refractivity contribution < 1.29 is 12.8 Å². The minimum atomic E-state index is -3.71. The molecule has 1 heterocycles. The number of anilines is 1. The van der Waals surface area contributed by atoms with Crippen molar-refractivity contribution in [3.8, 4) is 0 Å². The number of sulfonamides is 1. The maximum absolute atomic E-state index is 12.0. The minimum absolute atomic E-state index is 0.138. The molecule has 6 nitrogen and oxygen atoms in total. The van der Waals surface area contributed by atoms with Crippen molar-refractivity contribution in [2.75, 3.05) is 4.72 Å². The third-order valence-electron chi connectivity index (χ3n) is 2.19. The Morgan fingerprint density at radius 3 is 2.56 bits per heavy atom. The largest absolute Gasteiger partial charge is 0.408 e. The lowest BCUT2D eigenvalue weighted by Gasteiger charge is -2.05. The quantitative estimate of drug-likeness (QED) is 0.932. The molecule has 0 radical (unpaired) electrons. The van der Waals surface area contributed by atoms with Crippen molar-refractivity contribution in [2.24, 2.45) is 0 Å². The Balaban J connectivity index is 2.33. The second-order valence-corrected chi connectivity index (χ2v) is 6.18. The summed E-state index contributed by atoms with van der Waals surface area (Å²) in [6.45, 7) is 3.38. The van der Waals surface area contributed by atoms with Crippen LogP contribution in [0.1, 0.15) is 11.5 Å². The van der Waals surface area contributed by atoms with Crippen LogP contribution in [0.25, 0.3) is 0 Å². The lowest BCUT2D eigenvalue weighted by atomic mass is 10.2. The topological polar surface area (TPSA) is 85.1 Å². The van der Waals surface area contributed by atoms with E-state index in [2.05, 4.69) is 30.8 Å². The number of hydrogen-bond donors (Lipinski definition) is 1. The van der Waals surface area contributed by atoms with E-state index in [1.165, 1.54) is 6.07 Å². The first kappa shape index (κ1) is 13.0. The lowest BCUT2D eigenvalue weighted by molar-refractivity contribution is 0.534. The van der Waals surface area contributed by atoms with Crippen LogP contribution in [0.15, 0.2) is 32.0 Å². The van der Waals surface area contributed by atoms with Gasteiger partial charge in [-0.3, -0.25) is 0 Å². The standard InChI is InChI=1S/C10H10BrN3O3S/c1-6-5-8(3-4-9(6)11)18(15,16)14-10-13-12-7(2)17-10/h3-5H,1-2H3,(H,13,14). The van der Waals surface area contributed by atoms with Crippen LogP contribution in [0, 0.1) is 13.8 Å². The Bertz CT molecular complexity index is 681. The molecule has 0 saturated carbocycles. The van der Waals surface area contributed by atoms with Crippen molar-refractivity contribution in [1.82, 2.24) is 10.2 Å². The van der Waals surface area contributed by atoms with Gasteiger partial charge in [0.05, 0.1) is 4.90 Å². The van der Waals surface area contributed by atoms with Crippen LogP contribution in [0.2, 0.25) is 0 Å². The van der Waals surface area contributed by atoms with Crippen LogP contribution in [0.4, 0.5) is 6.01 Å². The number of nitrogens with zero attached hydrogens (tertiary/aromatic N) is 2. The Kier molecular flexibility index (Phi) is 3.40. The summed E-state index contributed by atoms with van der Waals surface area (Å²) in [4.78, 5) is 0.138. The second kappa shape index (κ2) is 4.69. The zero-order chi connectivity index (χ0) is 13.3. The molecular weight excluding hydrogens is 322 g/mol. The number of aryl methyl sites for hydroxylation is 2. The summed E-state index contributed by atoms with van der Waals surface area (Å²) in [6, 6.07) is 4.56. The van der Waals surface area contributed by atoms with Gasteiger partial charge in [0, 0.05) is 11.4 Å². The third-order valence-corrected chi connectivity index (χ3v) is 4.40. The first-order chi connectivity index (χ1) is 8.38. The zero-order valence-corrected chi connectivity index (χ0v) is 12.0. The second-order valence-electron chi connectivity index (χ2n) is 3.64. The first-order valence-corrected chi connectivity index (χ1v) is 7.25. The molecule has 8 heteroatoms. The molecule has 2 rings (SSSR count). The van der Waals surface area contributed by atoms with Crippen LogP contribution in [-0.4, -0.2) is 18.6 Å². The van der Waals surface area contributed by atoms with E-state index in [0.717, 1.165) is 10.0 Å². The summed E-state index contributed by atoms with van der Waals surface area (Å²) in [5.74, 6) is 0.291. The third kappa shape index (κ3) is 2.70. The monoisotopic (exact) mass is 331 g/mol. The van der Waals surface area contributed by atoms with Crippen LogP contribution >= 0.6 is 15.9 Å². The average molecular weight is 332 g/mol. The van der Waals surface area contributed by atoms with Gasteiger partial charge in [-0.2, -0.15) is 0 Å². The van der Waals surface area contributed by atoms with Gasteiger partial charge in [-0.25, -0.2) is 13.1 Å². The molecule has 0 fully saturated rings. The average Bonchev–Trinajstić information content (AvgIpc) is 2.67. The molecular formula is C10H10BrN3O3S. The summed E-state index contributed by atoms with van der Waals surface area (Å²) in [5, 5.41) is 7.13. The SMILES string of the molecule is Cc1nnc(NS(=O)(=O)c2ccc(Br)c(C)c2)o1. The fraction of sp³-hybridized carbons (Fsp3) is 0.200. The van der Waals surface area contributed by atoms with E-state index in [1.807, 2.05) is 0 Å². The zero-order valence-electron chi connectivity index (χ0n) is 9.64. The molecule has 0 saturated heterocycles. The van der Waals surface area contributed by atoms with Crippen LogP contribution in [0.3, 0.4) is 0 Å². The molecule has 2 aromatic rings. The van der Waals surface area contributed by atoms with Gasteiger partial charge in [-0.1, -0.05) is 21.0 Å². The number of nitrogens with one attached hydrogen (secondary N) is 1. The molecule has 0 amide bonds. The summed E-state index contributed by atoms with van der Waals surface area (Å²) >= 11 is 3.31. The summed E-state index contributed by atoms with van der Waals surface area (Å²) < 4.78 is 32.1. The molecule has 18 heavy (non-hydrogen) atoms. The van der Waals surface area contributed by atoms with E-state index in [0.29, 0.717) is 5.89 Å². The van der Waals surface area contributed by atoms with Gasteiger partial charge in [0.1, 0.15) is 0 Å². The maximum Gasteiger partial charge on any atom is 0.329 e. The highest BCUT2D eigenvalue weighted by molar-refractivity contribution is 9.10. The van der Waals surface area contributed by atoms with Crippen molar-refractivity contribution in [3.63, 3.8) is 0 Å². The Labute approximate surface area is 113 Å². The molecule has 0 aliphatic heterocycles. The Morgan fingerprint density at radius 2 is 2.00 bits per heavy atom. The van der Waals surface area contributed by atoms with E-state index >= 15 is 0 Å². The van der Waals surface area contributed by atoms with Gasteiger partial charge in [0.25, 0.3) is 10.0 Å². The maximum atomic E-state index is 12.0. The minimum Gasteiger partial charge on any atom is -0.408 e. The fourth-order valence-corrected chi connectivity index (χ4v) is 2.55. The highest BCUT2D eigenvalue weighted by Gasteiger charge is 2.17. The van der Waals surface area contributed by atoms with E-state index < -0.39 is 10.0 Å². The molecule has 0 bridgehead atoms. The number of halogens is 1. The molecule has 96 valence electrons. The molecule has 0 atom stereocenters. The van der Waals surface area contributed by atoms with Gasteiger partial charge in [0.15, 0.2) is 0 Å². The molecule has 0 unspecified atom stereocenters. The van der Waals surface area contributed by atoms with Crippen LogP contribution in [-0.2, 0) is 10.0 Å². The number of benzene rings is 1. The summed E-state index contributed by atoms with van der Waals surface area (Å²) in [5.41, 5.74) is 0.819. The molecule has 1 N–H and O–H groups in total. The van der Waals surface area contributed by atoms with Crippen molar-refractivity contribution in [2.45, 2.75) is 18.7 Å². The van der Waals surface area contributed by atoms with E-state index in [9.17, 15) is 8.42 Å². The normalized spacial score (nSPS) is 11.5. The van der Waals surface area contributed by atoms with E-state index in [-0.39, 0.29) is 10.9 Å². The molecule has 0 aliphatic rings. The van der Waals surface area contributed by atoms with Crippen molar-refractivity contribution in [1.29, 1.82) is 0 Å². The number of rotatable bonds is 3. The van der Waals surface area contributed by atoms with Gasteiger partial charge in [-0.15, -0.1) is 5.10 Å². The van der Waals surface area contributed by atoms with E-state index in [1.54, 1.807) is 26.0 Å². The summed E-state index contributed by atoms with van der Waals surface area (Å²) in [7, 11) is -3.71. The van der Waals surface area contributed by atoms with Crippen molar-refractivity contribution in [3.05, 3.63) is 34.1 Å². The molecule has 0 spiro atoms. The highest BCUT2D eigenvalue weighted by atomic mass is 79.9. The number of hydrogen-bond acceptors (Lipinski definition) is 5. The van der Waals surface area contributed by atoms with Crippen LogP contribution < -0.4 is 4.72 Å². The highest BCUT2D eigenvalue weighted by Crippen LogP contribution is 2.21. The fourth-order valence-electron chi connectivity index (χ4n) is 1.30. The van der Waals surface area contributed by atoms with Gasteiger partial charge >= 0.3 is 6.01 Å².